The zero-order valence-electron chi connectivity index (χ0n) is 13.5. The van der Waals surface area contributed by atoms with Crippen LogP contribution in [-0.2, 0) is 6.54 Å². The number of rotatable bonds is 6. The normalized spacial score (nSPS) is 16.1. The second kappa shape index (κ2) is 9.29. The number of benzene rings is 1. The van der Waals surface area contributed by atoms with Gasteiger partial charge >= 0.3 is 0 Å². The van der Waals surface area contributed by atoms with Gasteiger partial charge in [0.1, 0.15) is 5.82 Å². The Morgan fingerprint density at radius 2 is 2.14 bits per heavy atom. The summed E-state index contributed by atoms with van der Waals surface area (Å²) >= 11 is 0. The molecule has 4 nitrogen and oxygen atoms in total. The van der Waals surface area contributed by atoms with Crippen LogP contribution in [0, 0.1) is 5.82 Å². The molecule has 0 aromatic heterocycles. The maximum Gasteiger partial charge on any atom is 0.191 e. The zero-order chi connectivity index (χ0) is 15.2. The fraction of sp³-hybridized carbons (Fsp3) is 0.562. The molecule has 1 aliphatic rings. The van der Waals surface area contributed by atoms with Crippen LogP contribution in [0.15, 0.2) is 29.3 Å². The molecule has 0 aliphatic heterocycles. The molecule has 2 rings (SSSR count). The van der Waals surface area contributed by atoms with Gasteiger partial charge in [-0.3, -0.25) is 9.89 Å². The first-order valence-electron chi connectivity index (χ1n) is 7.51. The first kappa shape index (κ1) is 19.2. The molecule has 6 heteroatoms. The third-order valence-corrected chi connectivity index (χ3v) is 3.96. The molecule has 0 spiro atoms. The summed E-state index contributed by atoms with van der Waals surface area (Å²) in [6.07, 6.45) is 2.63. The van der Waals surface area contributed by atoms with Crippen molar-refractivity contribution in [2.75, 3.05) is 20.6 Å². The number of aliphatic imine (C=N–C) groups is 1. The first-order valence-corrected chi connectivity index (χ1v) is 7.51. The second-order valence-corrected chi connectivity index (χ2v) is 5.68. The number of likely N-dealkylation sites (N-methyl/N-ethyl adjacent to an activating group) is 1. The van der Waals surface area contributed by atoms with Crippen LogP contribution < -0.4 is 10.6 Å². The van der Waals surface area contributed by atoms with Crippen LogP contribution in [0.25, 0.3) is 0 Å². The number of hydrogen-bond acceptors (Lipinski definition) is 2. The maximum atomic E-state index is 13.1. The molecule has 0 amide bonds. The summed E-state index contributed by atoms with van der Waals surface area (Å²) in [7, 11) is 3.92. The highest BCUT2D eigenvalue weighted by atomic mass is 127. The monoisotopic (exact) mass is 420 g/mol. The van der Waals surface area contributed by atoms with Crippen molar-refractivity contribution < 1.29 is 4.39 Å². The molecule has 0 radical (unpaired) electrons. The quantitative estimate of drug-likeness (QED) is 0.422. The van der Waals surface area contributed by atoms with Gasteiger partial charge in [-0.2, -0.15) is 0 Å². The van der Waals surface area contributed by atoms with Gasteiger partial charge in [0.05, 0.1) is 0 Å². The van der Waals surface area contributed by atoms with Crippen molar-refractivity contribution >= 4 is 29.9 Å². The van der Waals surface area contributed by atoms with Crippen LogP contribution in [0.3, 0.4) is 0 Å². The first-order chi connectivity index (χ1) is 10.1. The lowest BCUT2D eigenvalue weighted by atomic mass is 10.2. The summed E-state index contributed by atoms with van der Waals surface area (Å²) < 4.78 is 13.1. The Bertz CT molecular complexity index is 491. The van der Waals surface area contributed by atoms with Crippen molar-refractivity contribution in [2.24, 2.45) is 4.99 Å². The van der Waals surface area contributed by atoms with Crippen molar-refractivity contribution in [2.45, 2.75) is 38.4 Å². The molecule has 1 unspecified atom stereocenters. The molecular weight excluding hydrogens is 394 g/mol. The lowest BCUT2D eigenvalue weighted by Gasteiger charge is -2.25. The predicted octanol–water partition coefficient (Wildman–Crippen LogP) is 2.59. The summed E-state index contributed by atoms with van der Waals surface area (Å²) in [5, 5.41) is 6.53. The number of nitrogens with one attached hydrogen (secondary N) is 2. The minimum Gasteiger partial charge on any atom is -0.355 e. The third kappa shape index (κ3) is 6.08. The fourth-order valence-corrected chi connectivity index (χ4v) is 2.28. The Hall–Kier alpha value is -0.890. The third-order valence-electron chi connectivity index (χ3n) is 3.96. The molecule has 22 heavy (non-hydrogen) atoms. The molecule has 1 aromatic rings. The summed E-state index contributed by atoms with van der Waals surface area (Å²) in [5.41, 5.74) is 0.904. The van der Waals surface area contributed by atoms with Crippen molar-refractivity contribution in [1.82, 2.24) is 15.5 Å². The summed E-state index contributed by atoms with van der Waals surface area (Å²) in [5.74, 6) is 0.534. The minimum absolute atomic E-state index is 0. The van der Waals surface area contributed by atoms with Gasteiger partial charge in [-0.1, -0.05) is 12.1 Å². The van der Waals surface area contributed by atoms with Gasteiger partial charge < -0.3 is 10.6 Å². The van der Waals surface area contributed by atoms with E-state index in [0.717, 1.165) is 24.1 Å². The number of nitrogens with zero attached hydrogens (tertiary/aromatic N) is 2. The van der Waals surface area contributed by atoms with E-state index in [1.165, 1.54) is 25.0 Å². The van der Waals surface area contributed by atoms with Crippen molar-refractivity contribution in [1.29, 1.82) is 0 Å². The molecule has 0 heterocycles. The van der Waals surface area contributed by atoms with Gasteiger partial charge in [-0.05, 0) is 44.5 Å². The molecule has 0 bridgehead atoms. The van der Waals surface area contributed by atoms with Gasteiger partial charge in [-0.25, -0.2) is 4.39 Å². The average Bonchev–Trinajstić information content (AvgIpc) is 3.31. The van der Waals surface area contributed by atoms with Crippen molar-refractivity contribution in [3.63, 3.8) is 0 Å². The fourth-order valence-electron chi connectivity index (χ4n) is 2.28. The Morgan fingerprint density at radius 1 is 1.41 bits per heavy atom. The molecule has 1 aromatic carbocycles. The van der Waals surface area contributed by atoms with Crippen LogP contribution in [0.4, 0.5) is 4.39 Å². The van der Waals surface area contributed by atoms with Crippen LogP contribution in [0.5, 0.6) is 0 Å². The van der Waals surface area contributed by atoms with E-state index >= 15 is 0 Å². The molecular formula is C16H26FIN4. The lowest BCUT2D eigenvalue weighted by molar-refractivity contribution is 0.247. The summed E-state index contributed by atoms with van der Waals surface area (Å²) in [4.78, 5) is 6.61. The molecule has 1 fully saturated rings. The standard InChI is InChI=1S/C16H25FN4.HI/c1-12(21(3)15-7-8-15)10-19-16(18-2)20-11-13-5-4-6-14(17)9-13;/h4-6,9,12,15H,7-8,10-11H2,1-3H3,(H2,18,19,20);1H. The minimum atomic E-state index is -0.211. The van der Waals surface area contributed by atoms with Crippen LogP contribution >= 0.6 is 24.0 Å². The van der Waals surface area contributed by atoms with E-state index in [1.807, 2.05) is 6.07 Å². The average molecular weight is 420 g/mol. The van der Waals surface area contributed by atoms with E-state index in [2.05, 4.69) is 34.5 Å². The molecule has 124 valence electrons. The lowest BCUT2D eigenvalue weighted by Crippen LogP contribution is -2.45. The number of halogens is 2. The molecule has 2 N–H and O–H groups in total. The SMILES string of the molecule is CN=C(NCc1cccc(F)c1)NCC(C)N(C)C1CC1.I. The Balaban J connectivity index is 0.00000242. The number of guanidine groups is 1. The van der Waals surface area contributed by atoms with Crippen LogP contribution in [0.1, 0.15) is 25.3 Å². The molecule has 1 atom stereocenters. The van der Waals surface area contributed by atoms with Crippen LogP contribution in [0.2, 0.25) is 0 Å². The largest absolute Gasteiger partial charge is 0.355 e. The van der Waals surface area contributed by atoms with Gasteiger partial charge in [0.25, 0.3) is 0 Å². The highest BCUT2D eigenvalue weighted by Crippen LogP contribution is 2.26. The van der Waals surface area contributed by atoms with E-state index in [9.17, 15) is 4.39 Å². The Kier molecular flexibility index (Phi) is 8.09. The second-order valence-electron chi connectivity index (χ2n) is 5.68. The smallest absolute Gasteiger partial charge is 0.191 e. The van der Waals surface area contributed by atoms with E-state index < -0.39 is 0 Å². The molecule has 1 saturated carbocycles. The number of hydrogen-bond donors (Lipinski definition) is 2. The van der Waals surface area contributed by atoms with Crippen LogP contribution in [-0.4, -0.2) is 43.6 Å². The van der Waals surface area contributed by atoms with E-state index in [4.69, 9.17) is 0 Å². The highest BCUT2D eigenvalue weighted by Gasteiger charge is 2.28. The van der Waals surface area contributed by atoms with E-state index in [-0.39, 0.29) is 29.8 Å². The molecule has 0 saturated heterocycles. The van der Waals surface area contributed by atoms with Crippen molar-refractivity contribution in [3.05, 3.63) is 35.6 Å². The van der Waals surface area contributed by atoms with Crippen molar-refractivity contribution in [3.8, 4) is 0 Å². The highest BCUT2D eigenvalue weighted by molar-refractivity contribution is 14.0. The van der Waals surface area contributed by atoms with Gasteiger partial charge in [-0.15, -0.1) is 24.0 Å². The maximum absolute atomic E-state index is 13.1. The Morgan fingerprint density at radius 3 is 2.73 bits per heavy atom. The summed E-state index contributed by atoms with van der Waals surface area (Å²) in [6, 6.07) is 7.81. The van der Waals surface area contributed by atoms with E-state index in [1.54, 1.807) is 13.1 Å². The topological polar surface area (TPSA) is 39.7 Å². The Labute approximate surface area is 149 Å². The van der Waals surface area contributed by atoms with Gasteiger partial charge in [0, 0.05) is 32.2 Å². The van der Waals surface area contributed by atoms with Gasteiger partial charge in [0.2, 0.25) is 0 Å². The predicted molar refractivity (Wildman–Crippen MR) is 100 cm³/mol. The summed E-state index contributed by atoms with van der Waals surface area (Å²) in [6.45, 7) is 3.62. The van der Waals surface area contributed by atoms with E-state index in [0.29, 0.717) is 12.6 Å². The molecule has 1 aliphatic carbocycles. The zero-order valence-corrected chi connectivity index (χ0v) is 15.8. The van der Waals surface area contributed by atoms with Gasteiger partial charge in [0.15, 0.2) is 5.96 Å².